The molecule has 1 aliphatic rings. The molecule has 0 aliphatic carbocycles. The lowest BCUT2D eigenvalue weighted by Gasteiger charge is -2.28. The largest absolute Gasteiger partial charge is 0.477 e. The third kappa shape index (κ3) is 4.72. The van der Waals surface area contributed by atoms with E-state index in [1.807, 2.05) is 6.07 Å². The van der Waals surface area contributed by atoms with Crippen LogP contribution in [0.15, 0.2) is 56.4 Å². The normalized spacial score (nSPS) is 13.7. The van der Waals surface area contributed by atoms with E-state index in [9.17, 15) is 9.59 Å². The van der Waals surface area contributed by atoms with Crippen LogP contribution in [-0.4, -0.2) is 29.1 Å². The lowest BCUT2D eigenvalue weighted by atomic mass is 10.00. The minimum absolute atomic E-state index is 0.00998. The van der Waals surface area contributed by atoms with Gasteiger partial charge in [0.05, 0.1) is 6.54 Å². The summed E-state index contributed by atoms with van der Waals surface area (Å²) in [6.45, 7) is 3.64. The van der Waals surface area contributed by atoms with Gasteiger partial charge in [0.25, 0.3) is 5.91 Å². The Bertz CT molecular complexity index is 1070. The minimum atomic E-state index is -0.450. The topological polar surface area (TPSA) is 97.8 Å². The van der Waals surface area contributed by atoms with Crippen LogP contribution in [-0.2, 0) is 24.3 Å². The van der Waals surface area contributed by atoms with Gasteiger partial charge in [-0.25, -0.2) is 0 Å². The molecule has 2 aromatic heterocycles. The smallest absolute Gasteiger partial charge is 0.263 e. The second-order valence-corrected chi connectivity index (χ2v) is 6.96. The molecule has 1 amide bonds. The standard InChI is InChI=1S/C21H21N3O5/c1-14-8-20(23-29-14)22-21(26)13-28-19-12-27-17(9-18(19)25)11-24-7-6-15-4-2-3-5-16(15)10-24/h2-5,8-9,12H,6-7,10-11,13H2,1H3,(H,22,23,26). The van der Waals surface area contributed by atoms with Gasteiger partial charge in [-0.05, 0) is 24.5 Å². The summed E-state index contributed by atoms with van der Waals surface area (Å²) in [7, 11) is 0. The molecule has 3 heterocycles. The Morgan fingerprint density at radius 1 is 1.28 bits per heavy atom. The molecular weight excluding hydrogens is 374 g/mol. The quantitative estimate of drug-likeness (QED) is 0.685. The number of benzene rings is 1. The van der Waals surface area contributed by atoms with Crippen molar-refractivity contribution in [1.82, 2.24) is 10.1 Å². The maximum absolute atomic E-state index is 12.3. The highest BCUT2D eigenvalue weighted by Gasteiger charge is 2.17. The van der Waals surface area contributed by atoms with Crippen molar-refractivity contribution in [3.05, 3.63) is 75.5 Å². The van der Waals surface area contributed by atoms with Crippen LogP contribution in [0.2, 0.25) is 0 Å². The minimum Gasteiger partial charge on any atom is -0.477 e. The fraction of sp³-hybridized carbons (Fsp3) is 0.286. The Labute approximate surface area is 167 Å². The number of ether oxygens (including phenoxy) is 1. The van der Waals surface area contributed by atoms with Gasteiger partial charge in [-0.3, -0.25) is 14.5 Å². The summed E-state index contributed by atoms with van der Waals surface area (Å²) in [5, 5.41) is 6.18. The molecule has 0 saturated heterocycles. The highest BCUT2D eigenvalue weighted by molar-refractivity contribution is 5.90. The summed E-state index contributed by atoms with van der Waals surface area (Å²) in [5.74, 6) is 0.971. The van der Waals surface area contributed by atoms with E-state index < -0.39 is 5.91 Å². The van der Waals surface area contributed by atoms with E-state index >= 15 is 0 Å². The maximum atomic E-state index is 12.3. The molecule has 0 atom stereocenters. The van der Waals surface area contributed by atoms with Crippen molar-refractivity contribution in [2.24, 2.45) is 0 Å². The predicted octanol–water partition coefficient (Wildman–Crippen LogP) is 2.51. The van der Waals surface area contributed by atoms with Crippen molar-refractivity contribution in [3.8, 4) is 5.75 Å². The van der Waals surface area contributed by atoms with Crippen LogP contribution >= 0.6 is 0 Å². The van der Waals surface area contributed by atoms with Gasteiger partial charge in [0.15, 0.2) is 12.4 Å². The van der Waals surface area contributed by atoms with E-state index in [4.69, 9.17) is 13.7 Å². The van der Waals surface area contributed by atoms with E-state index in [-0.39, 0.29) is 17.8 Å². The summed E-state index contributed by atoms with van der Waals surface area (Å²) >= 11 is 0. The molecule has 29 heavy (non-hydrogen) atoms. The van der Waals surface area contributed by atoms with Crippen molar-refractivity contribution < 1.29 is 18.5 Å². The third-order valence-corrected chi connectivity index (χ3v) is 4.70. The van der Waals surface area contributed by atoms with Crippen LogP contribution in [0.4, 0.5) is 5.82 Å². The number of hydrogen-bond donors (Lipinski definition) is 1. The molecule has 0 radical (unpaired) electrons. The molecule has 1 aliphatic heterocycles. The first-order valence-corrected chi connectivity index (χ1v) is 9.33. The molecular formula is C21H21N3O5. The van der Waals surface area contributed by atoms with Crippen molar-refractivity contribution in [1.29, 1.82) is 0 Å². The number of amides is 1. The van der Waals surface area contributed by atoms with E-state index in [2.05, 4.69) is 33.6 Å². The number of fused-ring (bicyclic) bond motifs is 1. The van der Waals surface area contributed by atoms with Crippen LogP contribution in [0.5, 0.6) is 5.75 Å². The highest BCUT2D eigenvalue weighted by atomic mass is 16.5. The van der Waals surface area contributed by atoms with Gasteiger partial charge in [0, 0.05) is 25.2 Å². The number of aryl methyl sites for hydroxylation is 1. The van der Waals surface area contributed by atoms with Crippen molar-refractivity contribution in [2.75, 3.05) is 18.5 Å². The molecule has 4 rings (SSSR count). The number of aromatic nitrogens is 1. The summed E-state index contributed by atoms with van der Waals surface area (Å²) in [6.07, 6.45) is 2.23. The molecule has 0 saturated carbocycles. The summed E-state index contributed by atoms with van der Waals surface area (Å²) < 4.78 is 15.7. The molecule has 150 valence electrons. The van der Waals surface area contributed by atoms with E-state index in [0.717, 1.165) is 19.5 Å². The summed E-state index contributed by atoms with van der Waals surface area (Å²) in [4.78, 5) is 26.4. The number of nitrogens with zero attached hydrogens (tertiary/aromatic N) is 2. The van der Waals surface area contributed by atoms with Gasteiger partial charge in [-0.1, -0.05) is 29.4 Å². The molecule has 0 unspecified atom stereocenters. The zero-order valence-electron chi connectivity index (χ0n) is 16.0. The Hall–Kier alpha value is -3.39. The van der Waals surface area contributed by atoms with Gasteiger partial charge in [-0.2, -0.15) is 0 Å². The molecule has 8 nitrogen and oxygen atoms in total. The number of anilines is 1. The SMILES string of the molecule is Cc1cc(NC(=O)COc2coc(CN3CCc4ccccc4C3)cc2=O)no1. The number of rotatable bonds is 6. The van der Waals surface area contributed by atoms with E-state index in [1.54, 1.807) is 13.0 Å². The van der Waals surface area contributed by atoms with Crippen LogP contribution < -0.4 is 15.5 Å². The molecule has 1 aromatic carbocycles. The number of nitrogens with one attached hydrogen (secondary N) is 1. The Morgan fingerprint density at radius 2 is 2.10 bits per heavy atom. The fourth-order valence-electron chi connectivity index (χ4n) is 3.28. The maximum Gasteiger partial charge on any atom is 0.263 e. The van der Waals surface area contributed by atoms with Crippen molar-refractivity contribution in [3.63, 3.8) is 0 Å². The third-order valence-electron chi connectivity index (χ3n) is 4.70. The van der Waals surface area contributed by atoms with Crippen molar-refractivity contribution in [2.45, 2.75) is 26.4 Å². The first-order valence-electron chi connectivity index (χ1n) is 9.33. The molecule has 3 aromatic rings. The zero-order chi connectivity index (χ0) is 20.2. The number of carbonyl (C=O) groups is 1. The lowest BCUT2D eigenvalue weighted by Crippen LogP contribution is -2.30. The van der Waals surface area contributed by atoms with Crippen LogP contribution in [0.25, 0.3) is 0 Å². The molecule has 1 N–H and O–H groups in total. The number of hydrogen-bond acceptors (Lipinski definition) is 7. The lowest BCUT2D eigenvalue weighted by molar-refractivity contribution is -0.118. The second kappa shape index (κ2) is 8.32. The van der Waals surface area contributed by atoms with Gasteiger partial charge in [0.1, 0.15) is 17.8 Å². The second-order valence-electron chi connectivity index (χ2n) is 6.96. The summed E-state index contributed by atoms with van der Waals surface area (Å²) in [6, 6.07) is 11.4. The first-order chi connectivity index (χ1) is 14.1. The van der Waals surface area contributed by atoms with Crippen molar-refractivity contribution >= 4 is 11.7 Å². The Kier molecular flexibility index (Phi) is 5.44. The molecule has 8 heteroatoms. The zero-order valence-corrected chi connectivity index (χ0v) is 16.0. The van der Waals surface area contributed by atoms with E-state index in [0.29, 0.717) is 23.9 Å². The van der Waals surface area contributed by atoms with E-state index in [1.165, 1.54) is 23.5 Å². The Balaban J connectivity index is 1.32. The fourth-order valence-corrected chi connectivity index (χ4v) is 3.28. The molecule has 0 spiro atoms. The van der Waals surface area contributed by atoms with Crippen LogP contribution in [0, 0.1) is 6.92 Å². The van der Waals surface area contributed by atoms with Gasteiger partial charge < -0.3 is 19.0 Å². The average Bonchev–Trinajstić information content (AvgIpc) is 3.12. The predicted molar refractivity (Wildman–Crippen MR) is 105 cm³/mol. The first kappa shape index (κ1) is 18.9. The Morgan fingerprint density at radius 3 is 2.86 bits per heavy atom. The number of carbonyl (C=O) groups excluding carboxylic acids is 1. The molecule has 0 fully saturated rings. The average molecular weight is 395 g/mol. The van der Waals surface area contributed by atoms with Crippen LogP contribution in [0.1, 0.15) is 22.6 Å². The molecule has 0 bridgehead atoms. The van der Waals surface area contributed by atoms with Gasteiger partial charge in [0.2, 0.25) is 11.2 Å². The van der Waals surface area contributed by atoms with Gasteiger partial charge in [-0.15, -0.1) is 0 Å². The monoisotopic (exact) mass is 395 g/mol. The summed E-state index contributed by atoms with van der Waals surface area (Å²) in [5.41, 5.74) is 2.34. The van der Waals surface area contributed by atoms with Gasteiger partial charge >= 0.3 is 0 Å². The van der Waals surface area contributed by atoms with Crippen LogP contribution in [0.3, 0.4) is 0 Å². The highest BCUT2D eigenvalue weighted by Crippen LogP contribution is 2.20.